The van der Waals surface area contributed by atoms with Crippen LogP contribution in [0.2, 0.25) is 5.02 Å². The molecule has 0 fully saturated rings. The van der Waals surface area contributed by atoms with Crippen molar-refractivity contribution in [2.24, 2.45) is 0 Å². The molecule has 1 aromatic heterocycles. The van der Waals surface area contributed by atoms with E-state index in [1.807, 2.05) is 20.8 Å². The molecule has 0 aliphatic rings. The molecule has 4 nitrogen and oxygen atoms in total. The van der Waals surface area contributed by atoms with Gasteiger partial charge in [0.05, 0.1) is 0 Å². The predicted octanol–water partition coefficient (Wildman–Crippen LogP) is 3.58. The Morgan fingerprint density at radius 1 is 1.28 bits per heavy atom. The number of aromatic hydroxyl groups is 1. The Kier molecular flexibility index (Phi) is 2.99. The van der Waals surface area contributed by atoms with Crippen LogP contribution in [0.1, 0.15) is 26.3 Å². The Balaban J connectivity index is 2.66. The standard InChI is InChI=1S/C13H15ClN2O2/c1-13(2,3)9-5-7(14)4-8(12(9)17)10-6-11(15)18-16-10/h4-6,17H,15H2,1-3H3. The van der Waals surface area contributed by atoms with E-state index in [1.54, 1.807) is 18.2 Å². The quantitative estimate of drug-likeness (QED) is 0.827. The molecule has 0 aliphatic carbocycles. The number of benzene rings is 1. The summed E-state index contributed by atoms with van der Waals surface area (Å²) < 4.78 is 4.81. The zero-order valence-electron chi connectivity index (χ0n) is 10.5. The third kappa shape index (κ3) is 2.29. The van der Waals surface area contributed by atoms with Gasteiger partial charge in [0.2, 0.25) is 5.88 Å². The smallest absolute Gasteiger partial charge is 0.222 e. The highest BCUT2D eigenvalue weighted by atomic mass is 35.5. The highest BCUT2D eigenvalue weighted by Gasteiger charge is 2.22. The molecule has 0 atom stereocenters. The first-order valence-electron chi connectivity index (χ1n) is 5.54. The first kappa shape index (κ1) is 12.8. The number of phenolic OH excluding ortho intramolecular Hbond substituents is 1. The van der Waals surface area contributed by atoms with Gasteiger partial charge < -0.3 is 15.4 Å². The van der Waals surface area contributed by atoms with Gasteiger partial charge in [-0.2, -0.15) is 0 Å². The fourth-order valence-electron chi connectivity index (χ4n) is 1.78. The highest BCUT2D eigenvalue weighted by molar-refractivity contribution is 6.31. The summed E-state index contributed by atoms with van der Waals surface area (Å²) in [6, 6.07) is 4.95. The molecule has 0 amide bonds. The molecule has 0 aliphatic heterocycles. The lowest BCUT2D eigenvalue weighted by molar-refractivity contribution is 0.434. The molecule has 0 radical (unpaired) electrons. The van der Waals surface area contributed by atoms with E-state index in [1.165, 1.54) is 0 Å². The van der Waals surface area contributed by atoms with Gasteiger partial charge in [-0.1, -0.05) is 37.5 Å². The zero-order valence-corrected chi connectivity index (χ0v) is 11.2. The van der Waals surface area contributed by atoms with Gasteiger partial charge in [0, 0.05) is 22.2 Å². The molecule has 0 unspecified atom stereocenters. The van der Waals surface area contributed by atoms with Gasteiger partial charge in [-0.05, 0) is 17.5 Å². The summed E-state index contributed by atoms with van der Waals surface area (Å²) in [4.78, 5) is 0. The number of hydrogen-bond donors (Lipinski definition) is 2. The van der Waals surface area contributed by atoms with Crippen LogP contribution in [0.15, 0.2) is 22.7 Å². The van der Waals surface area contributed by atoms with Crippen molar-refractivity contribution in [2.45, 2.75) is 26.2 Å². The monoisotopic (exact) mass is 266 g/mol. The van der Waals surface area contributed by atoms with Crippen molar-refractivity contribution in [2.75, 3.05) is 5.73 Å². The van der Waals surface area contributed by atoms with Crippen molar-refractivity contribution in [1.82, 2.24) is 5.16 Å². The number of phenols is 1. The molecular weight excluding hydrogens is 252 g/mol. The number of nitrogens with zero attached hydrogens (tertiary/aromatic N) is 1. The van der Waals surface area contributed by atoms with Crippen LogP contribution in [-0.2, 0) is 5.41 Å². The fraction of sp³-hybridized carbons (Fsp3) is 0.308. The van der Waals surface area contributed by atoms with Gasteiger partial charge in [-0.25, -0.2) is 0 Å². The van der Waals surface area contributed by atoms with Crippen molar-refractivity contribution < 1.29 is 9.63 Å². The SMILES string of the molecule is CC(C)(C)c1cc(Cl)cc(-c2cc(N)on2)c1O. The number of hydrogen-bond acceptors (Lipinski definition) is 4. The Morgan fingerprint density at radius 3 is 2.44 bits per heavy atom. The van der Waals surface area contributed by atoms with Crippen LogP contribution < -0.4 is 5.73 Å². The van der Waals surface area contributed by atoms with Crippen LogP contribution in [-0.4, -0.2) is 10.3 Å². The highest BCUT2D eigenvalue weighted by Crippen LogP contribution is 2.40. The van der Waals surface area contributed by atoms with Crippen LogP contribution in [0.5, 0.6) is 5.75 Å². The predicted molar refractivity (Wildman–Crippen MR) is 71.7 cm³/mol. The number of nitrogen functional groups attached to an aromatic ring is 1. The maximum absolute atomic E-state index is 10.3. The van der Waals surface area contributed by atoms with E-state index in [4.69, 9.17) is 21.9 Å². The van der Waals surface area contributed by atoms with Crippen LogP contribution >= 0.6 is 11.6 Å². The lowest BCUT2D eigenvalue weighted by Gasteiger charge is -2.22. The average Bonchev–Trinajstić information content (AvgIpc) is 2.66. The van der Waals surface area contributed by atoms with Gasteiger partial charge in [0.1, 0.15) is 11.4 Å². The van der Waals surface area contributed by atoms with Crippen molar-refractivity contribution >= 4 is 17.5 Å². The average molecular weight is 267 g/mol. The van der Waals surface area contributed by atoms with Crippen LogP contribution in [0, 0.1) is 0 Å². The molecule has 18 heavy (non-hydrogen) atoms. The molecule has 2 rings (SSSR count). The summed E-state index contributed by atoms with van der Waals surface area (Å²) in [6.07, 6.45) is 0. The van der Waals surface area contributed by atoms with E-state index >= 15 is 0 Å². The summed E-state index contributed by atoms with van der Waals surface area (Å²) in [6.45, 7) is 6.00. The molecule has 0 saturated carbocycles. The summed E-state index contributed by atoms with van der Waals surface area (Å²) in [5.41, 5.74) is 7.01. The Bertz CT molecular complexity index is 585. The van der Waals surface area contributed by atoms with E-state index in [2.05, 4.69) is 5.16 Å². The second kappa shape index (κ2) is 4.21. The van der Waals surface area contributed by atoms with E-state index in [0.29, 0.717) is 16.3 Å². The molecule has 0 saturated heterocycles. The van der Waals surface area contributed by atoms with Crippen molar-refractivity contribution in [3.05, 3.63) is 28.8 Å². The van der Waals surface area contributed by atoms with E-state index in [-0.39, 0.29) is 17.0 Å². The second-order valence-electron chi connectivity index (χ2n) is 5.21. The zero-order chi connectivity index (χ0) is 13.5. The van der Waals surface area contributed by atoms with E-state index < -0.39 is 0 Å². The minimum Gasteiger partial charge on any atom is -0.507 e. The van der Waals surface area contributed by atoms with Crippen molar-refractivity contribution in [3.8, 4) is 17.0 Å². The van der Waals surface area contributed by atoms with Gasteiger partial charge in [-0.3, -0.25) is 0 Å². The van der Waals surface area contributed by atoms with Crippen molar-refractivity contribution in [3.63, 3.8) is 0 Å². The first-order chi connectivity index (χ1) is 8.29. The lowest BCUT2D eigenvalue weighted by Crippen LogP contribution is -2.11. The summed E-state index contributed by atoms with van der Waals surface area (Å²) >= 11 is 6.08. The van der Waals surface area contributed by atoms with Crippen molar-refractivity contribution in [1.29, 1.82) is 0 Å². The third-order valence-corrected chi connectivity index (χ3v) is 2.91. The Labute approximate surface area is 110 Å². The van der Waals surface area contributed by atoms with Gasteiger partial charge in [0.25, 0.3) is 0 Å². The molecular formula is C13H15ClN2O2. The second-order valence-corrected chi connectivity index (χ2v) is 5.65. The largest absolute Gasteiger partial charge is 0.507 e. The summed E-state index contributed by atoms with van der Waals surface area (Å²) in [5.74, 6) is 0.349. The maximum Gasteiger partial charge on any atom is 0.222 e. The van der Waals surface area contributed by atoms with E-state index in [9.17, 15) is 5.11 Å². The van der Waals surface area contributed by atoms with Crippen LogP contribution in [0.3, 0.4) is 0 Å². The Morgan fingerprint density at radius 2 is 1.94 bits per heavy atom. The van der Waals surface area contributed by atoms with Gasteiger partial charge in [-0.15, -0.1) is 0 Å². The summed E-state index contributed by atoms with van der Waals surface area (Å²) in [5, 5.41) is 14.7. The number of nitrogens with two attached hydrogens (primary N) is 1. The lowest BCUT2D eigenvalue weighted by atomic mass is 9.85. The maximum atomic E-state index is 10.3. The number of aromatic nitrogens is 1. The van der Waals surface area contributed by atoms with Crippen LogP contribution in [0.4, 0.5) is 5.88 Å². The topological polar surface area (TPSA) is 72.3 Å². The first-order valence-corrected chi connectivity index (χ1v) is 5.92. The normalized spacial score (nSPS) is 11.8. The Hall–Kier alpha value is -1.68. The number of anilines is 1. The minimum absolute atomic E-state index is 0.153. The number of rotatable bonds is 1. The third-order valence-electron chi connectivity index (χ3n) is 2.69. The van der Waals surface area contributed by atoms with E-state index in [0.717, 1.165) is 5.56 Å². The molecule has 1 heterocycles. The van der Waals surface area contributed by atoms with Crippen LogP contribution in [0.25, 0.3) is 11.3 Å². The molecule has 5 heteroatoms. The molecule has 1 aromatic carbocycles. The molecule has 0 bridgehead atoms. The molecule has 0 spiro atoms. The minimum atomic E-state index is -0.223. The number of halogens is 1. The van der Waals surface area contributed by atoms with Gasteiger partial charge >= 0.3 is 0 Å². The molecule has 3 N–H and O–H groups in total. The fourth-order valence-corrected chi connectivity index (χ4v) is 2.00. The molecule has 96 valence electrons. The van der Waals surface area contributed by atoms with Gasteiger partial charge in [0.15, 0.2) is 0 Å². The summed E-state index contributed by atoms with van der Waals surface area (Å²) in [7, 11) is 0. The molecule has 2 aromatic rings.